The van der Waals surface area contributed by atoms with Crippen LogP contribution in [0.25, 0.3) is 0 Å². The van der Waals surface area contributed by atoms with Gasteiger partial charge >= 0.3 is 18.3 Å². The van der Waals surface area contributed by atoms with Crippen molar-refractivity contribution in [3.05, 3.63) is 107 Å². The molecule has 0 spiro atoms. The number of carbonyl (C=O) groups is 2. The Morgan fingerprint density at radius 3 is 1.50 bits per heavy atom. The largest absolute Gasteiger partial charge is 0.481 e. The topological polar surface area (TPSA) is 54.4 Å². The Kier molecular flexibility index (Phi) is 7.41. The van der Waals surface area contributed by atoms with Crippen LogP contribution >= 0.6 is 0 Å². The molecule has 2 atom stereocenters. The molecule has 0 aliphatic heterocycles. The fourth-order valence-electron chi connectivity index (χ4n) is 5.58. The molecule has 0 saturated heterocycles. The van der Waals surface area contributed by atoms with E-state index in [1.54, 1.807) is 30.3 Å². The minimum Gasteiger partial charge on any atom is -0.481 e. The van der Waals surface area contributed by atoms with Gasteiger partial charge in [0.2, 0.25) is 0 Å². The van der Waals surface area contributed by atoms with Gasteiger partial charge in [-0.2, -0.15) is 26.3 Å². The molecule has 1 aliphatic carbocycles. The zero-order valence-electron chi connectivity index (χ0n) is 20.0. The van der Waals surface area contributed by atoms with Crippen LogP contribution in [0.5, 0.6) is 0 Å². The Labute approximate surface area is 215 Å². The van der Waals surface area contributed by atoms with Crippen molar-refractivity contribution >= 4 is 11.8 Å². The third-order valence-electron chi connectivity index (χ3n) is 7.31. The number of benzene rings is 3. The molecule has 3 aromatic rings. The van der Waals surface area contributed by atoms with Crippen molar-refractivity contribution in [1.29, 1.82) is 0 Å². The van der Waals surface area contributed by atoms with Gasteiger partial charge in [-0.1, -0.05) is 66.7 Å². The van der Waals surface area contributed by atoms with Crippen LogP contribution in [0.3, 0.4) is 0 Å². The van der Waals surface area contributed by atoms with E-state index in [1.165, 1.54) is 36.4 Å². The smallest absolute Gasteiger partial charge is 0.416 e. The summed E-state index contributed by atoms with van der Waals surface area (Å²) in [5.41, 5.74) is -3.51. The zero-order valence-corrected chi connectivity index (χ0v) is 20.0. The molecule has 38 heavy (non-hydrogen) atoms. The molecule has 1 aliphatic rings. The summed E-state index contributed by atoms with van der Waals surface area (Å²) in [6.07, 6.45) is -10.7. The number of Topliss-reactive ketones (excluding diaryl/α,β-unsaturated/α-hetero) is 1. The van der Waals surface area contributed by atoms with Crippen molar-refractivity contribution < 1.29 is 41.0 Å². The van der Waals surface area contributed by atoms with E-state index in [1.807, 2.05) is 0 Å². The number of carboxylic acid groups (broad SMARTS) is 1. The lowest BCUT2D eigenvalue weighted by Crippen LogP contribution is -2.49. The highest BCUT2D eigenvalue weighted by atomic mass is 19.4. The first-order valence-electron chi connectivity index (χ1n) is 12.0. The standard InChI is InChI=1S/C29H24F6O3/c30-28(31,32)23-12-6-4-8-18(23)14-20-16-27(26(37)38,22-10-2-1-3-11-22)17-21(25(20)36)15-19-9-5-7-13-24(19)29(33,34)35/h1-13,20-21H,14-17H2,(H,37,38). The summed E-state index contributed by atoms with van der Waals surface area (Å²) in [7, 11) is 0. The molecule has 0 aromatic heterocycles. The van der Waals surface area contributed by atoms with Crippen molar-refractivity contribution in [3.63, 3.8) is 0 Å². The van der Waals surface area contributed by atoms with E-state index in [0.29, 0.717) is 5.56 Å². The maximum absolute atomic E-state index is 13.7. The third kappa shape index (κ3) is 5.47. The molecule has 4 rings (SSSR count). The van der Waals surface area contributed by atoms with Crippen molar-refractivity contribution in [2.45, 2.75) is 43.5 Å². The molecular formula is C29H24F6O3. The number of ketones is 1. The second kappa shape index (κ2) is 10.3. The predicted molar refractivity (Wildman–Crippen MR) is 127 cm³/mol. The number of aliphatic carboxylic acids is 1. The van der Waals surface area contributed by atoms with Gasteiger partial charge in [-0.05, 0) is 54.5 Å². The number of hydrogen-bond donors (Lipinski definition) is 1. The zero-order chi connectivity index (χ0) is 27.7. The van der Waals surface area contributed by atoms with Crippen LogP contribution in [0, 0.1) is 11.8 Å². The van der Waals surface area contributed by atoms with E-state index in [0.717, 1.165) is 12.1 Å². The molecule has 0 bridgehead atoms. The van der Waals surface area contributed by atoms with Gasteiger partial charge in [0.05, 0.1) is 16.5 Å². The Balaban J connectivity index is 1.80. The molecule has 200 valence electrons. The first-order chi connectivity index (χ1) is 17.8. The molecule has 0 radical (unpaired) electrons. The lowest BCUT2D eigenvalue weighted by molar-refractivity contribution is -0.150. The molecule has 3 aromatic carbocycles. The highest BCUT2D eigenvalue weighted by Gasteiger charge is 2.51. The fraction of sp³-hybridized carbons (Fsp3) is 0.310. The first-order valence-corrected chi connectivity index (χ1v) is 12.0. The third-order valence-corrected chi connectivity index (χ3v) is 7.31. The summed E-state index contributed by atoms with van der Waals surface area (Å²) in [4.78, 5) is 26.4. The number of hydrogen-bond acceptors (Lipinski definition) is 2. The first kappa shape index (κ1) is 27.4. The average molecular weight is 534 g/mol. The molecule has 2 unspecified atom stereocenters. The number of halogens is 6. The lowest BCUT2D eigenvalue weighted by Gasteiger charge is -2.41. The van der Waals surface area contributed by atoms with Crippen molar-refractivity contribution in [3.8, 4) is 0 Å². The van der Waals surface area contributed by atoms with E-state index < -0.39 is 52.5 Å². The van der Waals surface area contributed by atoms with Gasteiger partial charge in [0.15, 0.2) is 0 Å². The van der Waals surface area contributed by atoms with Gasteiger partial charge in [0.25, 0.3) is 0 Å². The molecule has 1 N–H and O–H groups in total. The Morgan fingerprint density at radius 2 is 1.11 bits per heavy atom. The Hall–Kier alpha value is -3.62. The van der Waals surface area contributed by atoms with Gasteiger partial charge in [0, 0.05) is 11.8 Å². The Bertz CT molecular complexity index is 1240. The van der Waals surface area contributed by atoms with Gasteiger partial charge in [0.1, 0.15) is 5.78 Å². The molecule has 1 fully saturated rings. The number of alkyl halides is 6. The number of rotatable bonds is 6. The number of carboxylic acids is 1. The quantitative estimate of drug-likeness (QED) is 0.343. The van der Waals surface area contributed by atoms with Gasteiger partial charge in [-0.25, -0.2) is 0 Å². The van der Waals surface area contributed by atoms with Crippen molar-refractivity contribution in [2.24, 2.45) is 11.8 Å². The molecular weight excluding hydrogens is 510 g/mol. The van der Waals surface area contributed by atoms with Crippen molar-refractivity contribution in [2.75, 3.05) is 0 Å². The maximum atomic E-state index is 13.7. The SMILES string of the molecule is O=C1C(Cc2ccccc2C(F)(F)F)CC(C(=O)O)(c2ccccc2)CC1Cc1ccccc1C(F)(F)F. The molecule has 0 amide bonds. The minimum absolute atomic E-state index is 0.165. The second-order valence-corrected chi connectivity index (χ2v) is 9.68. The van der Waals surface area contributed by atoms with E-state index in [2.05, 4.69) is 0 Å². The van der Waals surface area contributed by atoms with Crippen LogP contribution in [0.4, 0.5) is 26.3 Å². The summed E-state index contributed by atoms with van der Waals surface area (Å²) < 4.78 is 82.1. The Morgan fingerprint density at radius 1 is 0.711 bits per heavy atom. The summed E-state index contributed by atoms with van der Waals surface area (Å²) in [6.45, 7) is 0. The van der Waals surface area contributed by atoms with Crippen LogP contribution < -0.4 is 0 Å². The van der Waals surface area contributed by atoms with Crippen LogP contribution in [-0.4, -0.2) is 16.9 Å². The number of carbonyl (C=O) groups excluding carboxylic acids is 1. The van der Waals surface area contributed by atoms with Crippen molar-refractivity contribution in [1.82, 2.24) is 0 Å². The maximum Gasteiger partial charge on any atom is 0.416 e. The molecule has 3 nitrogen and oxygen atoms in total. The normalized spacial score (nSPS) is 22.3. The van der Waals surface area contributed by atoms with Gasteiger partial charge in [-0.3, -0.25) is 9.59 Å². The highest BCUT2D eigenvalue weighted by molar-refractivity contribution is 5.91. The van der Waals surface area contributed by atoms with E-state index in [9.17, 15) is 41.0 Å². The molecule has 0 heterocycles. The van der Waals surface area contributed by atoms with E-state index >= 15 is 0 Å². The van der Waals surface area contributed by atoms with E-state index in [-0.39, 0.29) is 36.8 Å². The summed E-state index contributed by atoms with van der Waals surface area (Å²) in [6, 6.07) is 17.5. The van der Waals surface area contributed by atoms with Crippen LogP contribution in [-0.2, 0) is 40.2 Å². The minimum atomic E-state index is -4.69. The van der Waals surface area contributed by atoms with Gasteiger partial charge < -0.3 is 5.11 Å². The summed E-state index contributed by atoms with van der Waals surface area (Å²) in [5, 5.41) is 10.4. The average Bonchev–Trinajstić information content (AvgIpc) is 2.86. The molecule has 9 heteroatoms. The summed E-state index contributed by atoms with van der Waals surface area (Å²) in [5.74, 6) is -4.11. The monoisotopic (exact) mass is 534 g/mol. The van der Waals surface area contributed by atoms with Crippen LogP contribution in [0.1, 0.15) is 40.7 Å². The van der Waals surface area contributed by atoms with Crippen LogP contribution in [0.2, 0.25) is 0 Å². The summed E-state index contributed by atoms with van der Waals surface area (Å²) >= 11 is 0. The van der Waals surface area contributed by atoms with Gasteiger partial charge in [-0.15, -0.1) is 0 Å². The van der Waals surface area contributed by atoms with E-state index in [4.69, 9.17) is 0 Å². The van der Waals surface area contributed by atoms with Crippen LogP contribution in [0.15, 0.2) is 78.9 Å². The predicted octanol–water partition coefficient (Wildman–Crippen LogP) is 7.13. The second-order valence-electron chi connectivity index (χ2n) is 9.68. The highest BCUT2D eigenvalue weighted by Crippen LogP contribution is 2.47. The lowest BCUT2D eigenvalue weighted by atomic mass is 9.59. The fourth-order valence-corrected chi connectivity index (χ4v) is 5.58. The molecule has 1 saturated carbocycles.